The molecule has 0 aromatic heterocycles. The summed E-state index contributed by atoms with van der Waals surface area (Å²) in [5.41, 5.74) is -0.314. The summed E-state index contributed by atoms with van der Waals surface area (Å²) in [5.74, 6) is -2.81. The van der Waals surface area contributed by atoms with E-state index in [0.29, 0.717) is 0 Å². The van der Waals surface area contributed by atoms with Gasteiger partial charge in [0, 0.05) is 11.6 Å². The van der Waals surface area contributed by atoms with Crippen LogP contribution in [0.5, 0.6) is 0 Å². The van der Waals surface area contributed by atoms with E-state index in [0.717, 1.165) is 24.3 Å². The molecule has 0 saturated heterocycles. The number of benzene rings is 1. The van der Waals surface area contributed by atoms with Crippen LogP contribution in [0, 0.1) is 11.6 Å². The van der Waals surface area contributed by atoms with Gasteiger partial charge in [0.15, 0.2) is 0 Å². The Kier molecular flexibility index (Phi) is 4.98. The average molecular weight is 255 g/mol. The quantitative estimate of drug-likeness (QED) is 0.651. The van der Waals surface area contributed by atoms with E-state index in [-0.39, 0.29) is 12.1 Å². The molecule has 0 aliphatic carbocycles. The lowest BCUT2D eigenvalue weighted by Gasteiger charge is -2.00. The first-order valence-corrected chi connectivity index (χ1v) is 5.01. The highest BCUT2D eigenvalue weighted by Gasteiger charge is 2.06. The Morgan fingerprint density at radius 3 is 2.50 bits per heavy atom. The lowest BCUT2D eigenvalue weighted by atomic mass is 10.2. The fourth-order valence-corrected chi connectivity index (χ4v) is 1.12. The molecule has 1 N–H and O–H groups in total. The van der Waals surface area contributed by atoms with Crippen LogP contribution in [0.1, 0.15) is 5.56 Å². The fraction of sp³-hybridized carbons (Fsp3) is 0.167. The van der Waals surface area contributed by atoms with Gasteiger partial charge < -0.3 is 10.1 Å². The molecule has 6 heteroatoms. The second kappa shape index (κ2) is 6.48. The third-order valence-corrected chi connectivity index (χ3v) is 2.04. The molecule has 0 fully saturated rings. The molecule has 4 nitrogen and oxygen atoms in total. The third kappa shape index (κ3) is 3.97. The van der Waals surface area contributed by atoms with Gasteiger partial charge in [-0.15, -0.1) is 0 Å². The SMILES string of the molecule is COC(=O)CNC(=O)C=Cc1c(F)cccc1F. The number of amides is 1. The average Bonchev–Trinajstić information content (AvgIpc) is 2.35. The topological polar surface area (TPSA) is 55.4 Å². The maximum Gasteiger partial charge on any atom is 0.325 e. The second-order valence-corrected chi connectivity index (χ2v) is 3.26. The molecule has 1 aromatic rings. The molecule has 1 aromatic carbocycles. The summed E-state index contributed by atoms with van der Waals surface area (Å²) in [6, 6.07) is 3.38. The van der Waals surface area contributed by atoms with Gasteiger partial charge >= 0.3 is 5.97 Å². The summed E-state index contributed by atoms with van der Waals surface area (Å²) >= 11 is 0. The number of ether oxygens (including phenoxy) is 1. The van der Waals surface area contributed by atoms with Crippen molar-refractivity contribution in [2.45, 2.75) is 0 Å². The highest BCUT2D eigenvalue weighted by Crippen LogP contribution is 2.13. The van der Waals surface area contributed by atoms with Crippen molar-refractivity contribution in [3.8, 4) is 0 Å². The summed E-state index contributed by atoms with van der Waals surface area (Å²) in [6.45, 7) is -0.306. The predicted molar refractivity (Wildman–Crippen MR) is 60.4 cm³/mol. The van der Waals surface area contributed by atoms with Crippen LogP contribution in [0.4, 0.5) is 8.78 Å². The highest BCUT2D eigenvalue weighted by atomic mass is 19.1. The van der Waals surface area contributed by atoms with Crippen molar-refractivity contribution >= 4 is 18.0 Å². The highest BCUT2D eigenvalue weighted by molar-refractivity contribution is 5.93. The maximum atomic E-state index is 13.2. The Labute approximate surface area is 102 Å². The van der Waals surface area contributed by atoms with Gasteiger partial charge in [-0.2, -0.15) is 0 Å². The van der Waals surface area contributed by atoms with E-state index in [1.54, 1.807) is 0 Å². The zero-order valence-electron chi connectivity index (χ0n) is 9.57. The van der Waals surface area contributed by atoms with Crippen molar-refractivity contribution in [2.75, 3.05) is 13.7 Å². The number of carbonyl (C=O) groups is 2. The number of hydrogen-bond acceptors (Lipinski definition) is 3. The Morgan fingerprint density at radius 2 is 1.94 bits per heavy atom. The number of methoxy groups -OCH3 is 1. The van der Waals surface area contributed by atoms with E-state index in [2.05, 4.69) is 10.1 Å². The van der Waals surface area contributed by atoms with E-state index < -0.39 is 23.5 Å². The molecule has 0 unspecified atom stereocenters. The molecule has 1 amide bonds. The minimum atomic E-state index is -0.771. The fourth-order valence-electron chi connectivity index (χ4n) is 1.12. The van der Waals surface area contributed by atoms with Gasteiger partial charge in [-0.3, -0.25) is 9.59 Å². The summed E-state index contributed by atoms with van der Waals surface area (Å²) in [6.07, 6.45) is 1.93. The largest absolute Gasteiger partial charge is 0.468 e. The lowest BCUT2D eigenvalue weighted by molar-refractivity contribution is -0.140. The molecule has 18 heavy (non-hydrogen) atoms. The molecular weight excluding hydrogens is 244 g/mol. The van der Waals surface area contributed by atoms with Gasteiger partial charge in [-0.05, 0) is 18.2 Å². The lowest BCUT2D eigenvalue weighted by Crippen LogP contribution is -2.28. The van der Waals surface area contributed by atoms with Crippen LogP contribution >= 0.6 is 0 Å². The van der Waals surface area contributed by atoms with Gasteiger partial charge in [0.1, 0.15) is 18.2 Å². The van der Waals surface area contributed by atoms with Gasteiger partial charge in [0.2, 0.25) is 5.91 Å². The molecule has 0 saturated carbocycles. The van der Waals surface area contributed by atoms with E-state index in [1.807, 2.05) is 0 Å². The number of rotatable bonds is 4. The zero-order chi connectivity index (χ0) is 13.5. The normalized spacial score (nSPS) is 10.4. The first-order chi connectivity index (χ1) is 8.54. The number of hydrogen-bond donors (Lipinski definition) is 1. The monoisotopic (exact) mass is 255 g/mol. The smallest absolute Gasteiger partial charge is 0.325 e. The molecule has 0 bridgehead atoms. The van der Waals surface area contributed by atoms with Crippen LogP contribution in [0.25, 0.3) is 6.08 Å². The molecule has 0 radical (unpaired) electrons. The van der Waals surface area contributed by atoms with Crippen molar-refractivity contribution in [1.82, 2.24) is 5.32 Å². The van der Waals surface area contributed by atoms with E-state index in [9.17, 15) is 18.4 Å². The molecule has 0 atom stereocenters. The third-order valence-electron chi connectivity index (χ3n) is 2.04. The summed E-state index contributed by atoms with van der Waals surface area (Å²) in [5, 5.41) is 2.20. The van der Waals surface area contributed by atoms with Gasteiger partial charge in [-0.1, -0.05) is 6.07 Å². The standard InChI is InChI=1S/C12H11F2NO3/c1-18-12(17)7-15-11(16)6-5-8-9(13)3-2-4-10(8)14/h2-6H,7H2,1H3,(H,15,16). The van der Waals surface area contributed by atoms with Gasteiger partial charge in [0.25, 0.3) is 0 Å². The molecule has 1 rings (SSSR count). The van der Waals surface area contributed by atoms with Crippen LogP contribution in [-0.2, 0) is 14.3 Å². The van der Waals surface area contributed by atoms with Crippen molar-refractivity contribution in [3.05, 3.63) is 41.5 Å². The molecule has 0 aliphatic heterocycles. The summed E-state index contributed by atoms with van der Waals surface area (Å²) in [7, 11) is 1.18. The molecule has 0 heterocycles. The minimum absolute atomic E-state index is 0.306. The van der Waals surface area contributed by atoms with Crippen molar-refractivity contribution in [1.29, 1.82) is 0 Å². The second-order valence-electron chi connectivity index (χ2n) is 3.26. The molecule has 96 valence electrons. The minimum Gasteiger partial charge on any atom is -0.468 e. The Morgan fingerprint density at radius 1 is 1.33 bits per heavy atom. The predicted octanol–water partition coefficient (Wildman–Crippen LogP) is 1.27. The Bertz CT molecular complexity index is 466. The first-order valence-electron chi connectivity index (χ1n) is 5.01. The van der Waals surface area contributed by atoms with Crippen LogP contribution in [-0.4, -0.2) is 25.5 Å². The van der Waals surface area contributed by atoms with Crippen LogP contribution < -0.4 is 5.32 Å². The van der Waals surface area contributed by atoms with Crippen LogP contribution in [0.3, 0.4) is 0 Å². The first kappa shape index (κ1) is 13.8. The Balaban J connectivity index is 2.64. The van der Waals surface area contributed by atoms with Crippen molar-refractivity contribution < 1.29 is 23.1 Å². The number of nitrogens with one attached hydrogen (secondary N) is 1. The van der Waals surface area contributed by atoms with E-state index >= 15 is 0 Å². The van der Waals surface area contributed by atoms with Crippen molar-refractivity contribution in [2.24, 2.45) is 0 Å². The zero-order valence-corrected chi connectivity index (χ0v) is 9.57. The molecular formula is C12H11F2NO3. The van der Waals surface area contributed by atoms with Gasteiger partial charge in [0.05, 0.1) is 7.11 Å². The molecule has 0 aliphatic rings. The number of halogens is 2. The maximum absolute atomic E-state index is 13.2. The van der Waals surface area contributed by atoms with Crippen molar-refractivity contribution in [3.63, 3.8) is 0 Å². The van der Waals surface area contributed by atoms with Gasteiger partial charge in [-0.25, -0.2) is 8.78 Å². The number of esters is 1. The van der Waals surface area contributed by atoms with E-state index in [1.165, 1.54) is 13.2 Å². The van der Waals surface area contributed by atoms with Crippen LogP contribution in [0.15, 0.2) is 24.3 Å². The van der Waals surface area contributed by atoms with E-state index in [4.69, 9.17) is 0 Å². The summed E-state index contributed by atoms with van der Waals surface area (Å²) in [4.78, 5) is 21.9. The molecule has 0 spiro atoms. The number of carbonyl (C=O) groups excluding carboxylic acids is 2. The summed E-state index contributed by atoms with van der Waals surface area (Å²) < 4.78 is 30.6. The van der Waals surface area contributed by atoms with Crippen LogP contribution in [0.2, 0.25) is 0 Å². The Hall–Kier alpha value is -2.24.